The van der Waals surface area contributed by atoms with Gasteiger partial charge in [-0.2, -0.15) is 12.6 Å². The molecule has 82 valence electrons. The molecule has 1 saturated heterocycles. The average molecular weight is 216 g/mol. The molecule has 0 aromatic rings. The van der Waals surface area contributed by atoms with Crippen molar-refractivity contribution in [3.05, 3.63) is 0 Å². The summed E-state index contributed by atoms with van der Waals surface area (Å²) in [4.78, 5) is 15.3. The second-order valence-electron chi connectivity index (χ2n) is 5.25. The monoisotopic (exact) mass is 216 g/mol. The number of rotatable bonds is 1. The molecule has 0 aromatic carbocycles. The van der Waals surface area contributed by atoms with Gasteiger partial charge < -0.3 is 9.80 Å². The van der Waals surface area contributed by atoms with Crippen molar-refractivity contribution in [2.75, 3.05) is 13.1 Å². The van der Waals surface area contributed by atoms with Crippen LogP contribution in [0.15, 0.2) is 0 Å². The Kier molecular flexibility index (Phi) is 2.78. The molecule has 0 spiro atoms. The smallest absolute Gasteiger partial charge is 0.318 e. The van der Waals surface area contributed by atoms with Gasteiger partial charge in [0.05, 0.1) is 4.87 Å². The Bertz CT molecular complexity index is 215. The summed E-state index contributed by atoms with van der Waals surface area (Å²) in [5.41, 5.74) is -0.0924. The SMILES string of the molecule is CC(C)(C)N1CCN(C(C)(C)S)C1=O. The Morgan fingerprint density at radius 3 is 1.71 bits per heavy atom. The quantitative estimate of drug-likeness (QED) is 0.667. The molecule has 0 radical (unpaired) electrons. The molecular weight excluding hydrogens is 196 g/mol. The maximum Gasteiger partial charge on any atom is 0.321 e. The lowest BCUT2D eigenvalue weighted by Crippen LogP contribution is -2.47. The van der Waals surface area contributed by atoms with Crippen LogP contribution in [0, 0.1) is 0 Å². The number of thiol groups is 1. The van der Waals surface area contributed by atoms with Gasteiger partial charge in [-0.25, -0.2) is 4.79 Å². The maximum absolute atomic E-state index is 12.0. The van der Waals surface area contributed by atoms with E-state index in [0.717, 1.165) is 13.1 Å². The predicted molar refractivity (Wildman–Crippen MR) is 61.6 cm³/mol. The lowest BCUT2D eigenvalue weighted by molar-refractivity contribution is 0.147. The molecule has 1 fully saturated rings. The molecule has 4 heteroatoms. The first-order valence-electron chi connectivity index (χ1n) is 4.95. The topological polar surface area (TPSA) is 23.6 Å². The van der Waals surface area contributed by atoms with E-state index < -0.39 is 0 Å². The van der Waals surface area contributed by atoms with Crippen LogP contribution in [0.1, 0.15) is 34.6 Å². The fourth-order valence-corrected chi connectivity index (χ4v) is 1.85. The Morgan fingerprint density at radius 2 is 1.50 bits per heavy atom. The van der Waals surface area contributed by atoms with E-state index in [-0.39, 0.29) is 16.4 Å². The molecule has 2 amide bonds. The van der Waals surface area contributed by atoms with Gasteiger partial charge in [0.2, 0.25) is 0 Å². The summed E-state index contributed by atoms with van der Waals surface area (Å²) in [6.07, 6.45) is 0. The second kappa shape index (κ2) is 3.33. The Labute approximate surface area is 91.9 Å². The minimum absolute atomic E-state index is 0.0924. The molecule has 0 atom stereocenters. The number of carbonyl (C=O) groups is 1. The van der Waals surface area contributed by atoms with Crippen LogP contribution in [0.5, 0.6) is 0 Å². The van der Waals surface area contributed by atoms with Crippen molar-refractivity contribution in [1.29, 1.82) is 0 Å². The summed E-state index contributed by atoms with van der Waals surface area (Å²) < 4.78 is 0. The fourth-order valence-electron chi connectivity index (χ4n) is 1.67. The maximum atomic E-state index is 12.0. The molecule has 3 nitrogen and oxygen atoms in total. The van der Waals surface area contributed by atoms with E-state index in [9.17, 15) is 4.79 Å². The average Bonchev–Trinajstić information content (AvgIpc) is 2.26. The first-order chi connectivity index (χ1) is 6.14. The fraction of sp³-hybridized carbons (Fsp3) is 0.900. The van der Waals surface area contributed by atoms with Crippen LogP contribution in [0.25, 0.3) is 0 Å². The molecule has 1 aliphatic rings. The van der Waals surface area contributed by atoms with Gasteiger partial charge in [0.1, 0.15) is 0 Å². The lowest BCUT2D eigenvalue weighted by atomic mass is 10.1. The summed E-state index contributed by atoms with van der Waals surface area (Å²) in [6.45, 7) is 11.6. The zero-order chi connectivity index (χ0) is 11.1. The van der Waals surface area contributed by atoms with Gasteiger partial charge in [-0.3, -0.25) is 0 Å². The van der Waals surface area contributed by atoms with Gasteiger partial charge in [0.15, 0.2) is 0 Å². The number of nitrogens with zero attached hydrogens (tertiary/aromatic N) is 2. The molecule has 1 heterocycles. The molecule has 1 rings (SSSR count). The minimum Gasteiger partial charge on any atom is -0.318 e. The third-order valence-corrected chi connectivity index (χ3v) is 2.72. The molecule has 14 heavy (non-hydrogen) atoms. The third-order valence-electron chi connectivity index (χ3n) is 2.48. The Balaban J connectivity index is 2.80. The van der Waals surface area contributed by atoms with E-state index in [4.69, 9.17) is 0 Å². The van der Waals surface area contributed by atoms with E-state index in [1.54, 1.807) is 4.90 Å². The van der Waals surface area contributed by atoms with Gasteiger partial charge in [0, 0.05) is 18.6 Å². The molecule has 0 N–H and O–H groups in total. The molecule has 1 aliphatic heterocycles. The zero-order valence-electron chi connectivity index (χ0n) is 9.66. The van der Waals surface area contributed by atoms with Crippen LogP contribution >= 0.6 is 12.6 Å². The zero-order valence-corrected chi connectivity index (χ0v) is 10.6. The van der Waals surface area contributed by atoms with Crippen molar-refractivity contribution in [2.24, 2.45) is 0 Å². The van der Waals surface area contributed by atoms with Crippen LogP contribution in [0.3, 0.4) is 0 Å². The highest BCUT2D eigenvalue weighted by Gasteiger charge is 2.40. The van der Waals surface area contributed by atoms with Crippen molar-refractivity contribution in [1.82, 2.24) is 9.80 Å². The number of hydrogen-bond donors (Lipinski definition) is 1. The summed E-state index contributed by atoms with van der Waals surface area (Å²) in [5.74, 6) is 0. The summed E-state index contributed by atoms with van der Waals surface area (Å²) >= 11 is 4.42. The van der Waals surface area contributed by atoms with Crippen LogP contribution in [-0.4, -0.2) is 39.3 Å². The largest absolute Gasteiger partial charge is 0.321 e. The van der Waals surface area contributed by atoms with Gasteiger partial charge in [-0.05, 0) is 34.6 Å². The first-order valence-corrected chi connectivity index (χ1v) is 5.40. The molecule has 0 unspecified atom stereocenters. The van der Waals surface area contributed by atoms with Gasteiger partial charge in [-0.1, -0.05) is 0 Å². The number of carbonyl (C=O) groups excluding carboxylic acids is 1. The van der Waals surface area contributed by atoms with Gasteiger partial charge in [-0.15, -0.1) is 0 Å². The van der Waals surface area contributed by atoms with E-state index >= 15 is 0 Å². The molecule has 0 bridgehead atoms. The summed E-state index contributed by atoms with van der Waals surface area (Å²) in [5, 5.41) is 0. The van der Waals surface area contributed by atoms with Crippen molar-refractivity contribution < 1.29 is 4.79 Å². The molecular formula is C10H20N2OS. The summed E-state index contributed by atoms with van der Waals surface area (Å²) in [7, 11) is 0. The molecule has 0 aromatic heterocycles. The van der Waals surface area contributed by atoms with Crippen molar-refractivity contribution in [3.63, 3.8) is 0 Å². The Morgan fingerprint density at radius 1 is 1.07 bits per heavy atom. The van der Waals surface area contributed by atoms with Crippen molar-refractivity contribution in [2.45, 2.75) is 45.0 Å². The minimum atomic E-state index is -0.364. The van der Waals surface area contributed by atoms with E-state index in [2.05, 4.69) is 33.4 Å². The van der Waals surface area contributed by atoms with E-state index in [1.165, 1.54) is 0 Å². The first kappa shape index (κ1) is 11.7. The van der Waals surface area contributed by atoms with Crippen LogP contribution in [-0.2, 0) is 0 Å². The van der Waals surface area contributed by atoms with Gasteiger partial charge >= 0.3 is 6.03 Å². The van der Waals surface area contributed by atoms with E-state index in [0.29, 0.717) is 0 Å². The van der Waals surface area contributed by atoms with Crippen LogP contribution in [0.2, 0.25) is 0 Å². The third kappa shape index (κ3) is 2.16. The number of urea groups is 1. The summed E-state index contributed by atoms with van der Waals surface area (Å²) in [6, 6.07) is 0.0949. The highest BCUT2D eigenvalue weighted by molar-refractivity contribution is 7.81. The number of amides is 2. The van der Waals surface area contributed by atoms with Gasteiger partial charge in [0.25, 0.3) is 0 Å². The molecule has 0 aliphatic carbocycles. The number of hydrogen-bond acceptors (Lipinski definition) is 2. The molecule has 0 saturated carbocycles. The van der Waals surface area contributed by atoms with Crippen LogP contribution < -0.4 is 0 Å². The highest BCUT2D eigenvalue weighted by Crippen LogP contribution is 2.28. The predicted octanol–water partition coefficient (Wildman–Crippen LogP) is 2.19. The lowest BCUT2D eigenvalue weighted by Gasteiger charge is -2.34. The standard InChI is InChI=1S/C10H20N2OS/c1-9(2,3)11-6-7-12(8(11)13)10(4,5)14/h14H,6-7H2,1-5H3. The second-order valence-corrected chi connectivity index (χ2v) is 6.35. The Hall–Kier alpha value is -0.380. The van der Waals surface area contributed by atoms with Crippen molar-refractivity contribution in [3.8, 4) is 0 Å². The normalized spacial score (nSPS) is 19.4. The van der Waals surface area contributed by atoms with Crippen LogP contribution in [0.4, 0.5) is 4.79 Å². The highest BCUT2D eigenvalue weighted by atomic mass is 32.1. The van der Waals surface area contributed by atoms with Crippen molar-refractivity contribution >= 4 is 18.7 Å². The van der Waals surface area contributed by atoms with E-state index in [1.807, 2.05) is 18.7 Å².